The Balaban J connectivity index is 1.64. The lowest BCUT2D eigenvalue weighted by Crippen LogP contribution is -2.38. The van der Waals surface area contributed by atoms with Crippen molar-refractivity contribution in [1.82, 2.24) is 10.6 Å². The highest BCUT2D eigenvalue weighted by Crippen LogP contribution is 2.22. The molecule has 4 heteroatoms. The number of carbonyl (C=O) groups excluding carboxylic acids is 1. The molecule has 0 saturated carbocycles. The van der Waals surface area contributed by atoms with Crippen molar-refractivity contribution in [2.75, 3.05) is 20.2 Å². The number of amides is 1. The zero-order chi connectivity index (χ0) is 15.4. The lowest BCUT2D eigenvalue weighted by molar-refractivity contribution is 0.0949. The van der Waals surface area contributed by atoms with Crippen molar-refractivity contribution in [1.29, 1.82) is 0 Å². The van der Waals surface area contributed by atoms with E-state index < -0.39 is 0 Å². The predicted octanol–water partition coefficient (Wildman–Crippen LogP) is 2.31. The van der Waals surface area contributed by atoms with Crippen LogP contribution in [-0.4, -0.2) is 26.1 Å². The third kappa shape index (κ3) is 3.12. The SMILES string of the molecule is COc1ccc(C(=O)NCC2NCCc3ccccc32)cc1. The van der Waals surface area contributed by atoms with Gasteiger partial charge in [-0.25, -0.2) is 0 Å². The van der Waals surface area contributed by atoms with E-state index in [1.165, 1.54) is 11.1 Å². The summed E-state index contributed by atoms with van der Waals surface area (Å²) < 4.78 is 5.10. The Morgan fingerprint density at radius 3 is 2.77 bits per heavy atom. The van der Waals surface area contributed by atoms with E-state index >= 15 is 0 Å². The van der Waals surface area contributed by atoms with E-state index in [1.807, 2.05) is 6.07 Å². The van der Waals surface area contributed by atoms with Crippen LogP contribution in [0.5, 0.6) is 5.75 Å². The summed E-state index contributed by atoms with van der Waals surface area (Å²) in [5.74, 6) is 0.687. The molecular weight excluding hydrogens is 276 g/mol. The highest BCUT2D eigenvalue weighted by Gasteiger charge is 2.19. The second-order valence-corrected chi connectivity index (χ2v) is 5.39. The Kier molecular flexibility index (Phi) is 4.39. The zero-order valence-corrected chi connectivity index (χ0v) is 12.6. The minimum Gasteiger partial charge on any atom is -0.497 e. The average Bonchev–Trinajstić information content (AvgIpc) is 2.59. The first-order valence-electron chi connectivity index (χ1n) is 7.51. The molecule has 0 aromatic heterocycles. The van der Waals surface area contributed by atoms with Crippen LogP contribution in [0.4, 0.5) is 0 Å². The van der Waals surface area contributed by atoms with Crippen molar-refractivity contribution in [2.24, 2.45) is 0 Å². The number of rotatable bonds is 4. The lowest BCUT2D eigenvalue weighted by Gasteiger charge is -2.27. The fraction of sp³-hybridized carbons (Fsp3) is 0.278. The number of nitrogens with one attached hydrogen (secondary N) is 2. The van der Waals surface area contributed by atoms with Crippen LogP contribution >= 0.6 is 0 Å². The van der Waals surface area contributed by atoms with Crippen LogP contribution in [0.3, 0.4) is 0 Å². The van der Waals surface area contributed by atoms with Gasteiger partial charge < -0.3 is 15.4 Å². The van der Waals surface area contributed by atoms with Crippen LogP contribution in [-0.2, 0) is 6.42 Å². The van der Waals surface area contributed by atoms with Crippen LogP contribution in [0.2, 0.25) is 0 Å². The third-order valence-electron chi connectivity index (χ3n) is 4.03. The summed E-state index contributed by atoms with van der Waals surface area (Å²) >= 11 is 0. The zero-order valence-electron chi connectivity index (χ0n) is 12.6. The molecule has 1 aliphatic rings. The predicted molar refractivity (Wildman–Crippen MR) is 86.2 cm³/mol. The fourth-order valence-corrected chi connectivity index (χ4v) is 2.81. The maximum atomic E-state index is 12.2. The van der Waals surface area contributed by atoms with Crippen molar-refractivity contribution >= 4 is 5.91 Å². The summed E-state index contributed by atoms with van der Waals surface area (Å²) in [6.07, 6.45) is 1.04. The summed E-state index contributed by atoms with van der Waals surface area (Å²) in [7, 11) is 1.61. The fourth-order valence-electron chi connectivity index (χ4n) is 2.81. The van der Waals surface area contributed by atoms with Gasteiger partial charge in [-0.05, 0) is 48.4 Å². The van der Waals surface area contributed by atoms with E-state index in [1.54, 1.807) is 31.4 Å². The summed E-state index contributed by atoms with van der Waals surface area (Å²) in [5, 5.41) is 6.47. The van der Waals surface area contributed by atoms with E-state index in [9.17, 15) is 4.79 Å². The molecule has 1 unspecified atom stereocenters. The molecule has 1 atom stereocenters. The molecule has 2 aromatic carbocycles. The molecule has 0 fully saturated rings. The van der Waals surface area contributed by atoms with Gasteiger partial charge in [0, 0.05) is 18.2 Å². The molecule has 3 rings (SSSR count). The number of fused-ring (bicyclic) bond motifs is 1. The first-order chi connectivity index (χ1) is 10.8. The largest absolute Gasteiger partial charge is 0.497 e. The highest BCUT2D eigenvalue weighted by atomic mass is 16.5. The van der Waals surface area contributed by atoms with Crippen molar-refractivity contribution < 1.29 is 9.53 Å². The van der Waals surface area contributed by atoms with Crippen molar-refractivity contribution in [3.05, 3.63) is 65.2 Å². The van der Waals surface area contributed by atoms with Crippen LogP contribution in [0.1, 0.15) is 27.5 Å². The van der Waals surface area contributed by atoms with Gasteiger partial charge in [-0.15, -0.1) is 0 Å². The van der Waals surface area contributed by atoms with Gasteiger partial charge in [0.15, 0.2) is 0 Å². The second-order valence-electron chi connectivity index (χ2n) is 5.39. The number of methoxy groups -OCH3 is 1. The maximum absolute atomic E-state index is 12.2. The average molecular weight is 296 g/mol. The molecule has 2 N–H and O–H groups in total. The molecule has 1 amide bonds. The standard InChI is InChI=1S/C18H20N2O2/c1-22-15-8-6-14(7-9-15)18(21)20-12-17-16-5-3-2-4-13(16)10-11-19-17/h2-9,17,19H,10-12H2,1H3,(H,20,21). The molecule has 1 heterocycles. The molecule has 0 spiro atoms. The Bertz CT molecular complexity index is 652. The number of carbonyl (C=O) groups is 1. The Morgan fingerprint density at radius 2 is 2.00 bits per heavy atom. The normalized spacial score (nSPS) is 16.7. The van der Waals surface area contributed by atoms with E-state index in [-0.39, 0.29) is 11.9 Å². The quantitative estimate of drug-likeness (QED) is 0.910. The van der Waals surface area contributed by atoms with Crippen molar-refractivity contribution in [3.8, 4) is 5.75 Å². The van der Waals surface area contributed by atoms with Gasteiger partial charge in [-0.2, -0.15) is 0 Å². The molecule has 0 radical (unpaired) electrons. The molecule has 0 aliphatic carbocycles. The molecule has 1 aliphatic heterocycles. The number of hydrogen-bond donors (Lipinski definition) is 2. The van der Waals surface area contributed by atoms with Gasteiger partial charge in [0.2, 0.25) is 0 Å². The van der Waals surface area contributed by atoms with Crippen molar-refractivity contribution in [2.45, 2.75) is 12.5 Å². The Labute approximate surface area is 130 Å². The van der Waals surface area contributed by atoms with Gasteiger partial charge in [0.1, 0.15) is 5.75 Å². The highest BCUT2D eigenvalue weighted by molar-refractivity contribution is 5.94. The number of ether oxygens (including phenoxy) is 1. The number of benzene rings is 2. The van der Waals surface area contributed by atoms with Crippen LogP contribution in [0.15, 0.2) is 48.5 Å². The van der Waals surface area contributed by atoms with Crippen molar-refractivity contribution in [3.63, 3.8) is 0 Å². The summed E-state index contributed by atoms with van der Waals surface area (Å²) in [4.78, 5) is 12.2. The smallest absolute Gasteiger partial charge is 0.251 e. The molecule has 0 bridgehead atoms. The summed E-state index contributed by atoms with van der Waals surface area (Å²) in [5.41, 5.74) is 3.29. The van der Waals surface area contributed by atoms with Gasteiger partial charge in [0.05, 0.1) is 7.11 Å². The molecule has 0 saturated heterocycles. The molecule has 2 aromatic rings. The van der Waals surface area contributed by atoms with Gasteiger partial charge >= 0.3 is 0 Å². The van der Waals surface area contributed by atoms with E-state index in [2.05, 4.69) is 28.8 Å². The minimum atomic E-state index is -0.0625. The number of hydrogen-bond acceptors (Lipinski definition) is 3. The van der Waals surface area contributed by atoms with E-state index in [4.69, 9.17) is 4.74 Å². The monoisotopic (exact) mass is 296 g/mol. The second kappa shape index (κ2) is 6.62. The molecular formula is C18H20N2O2. The Morgan fingerprint density at radius 1 is 1.23 bits per heavy atom. The summed E-state index contributed by atoms with van der Waals surface area (Å²) in [6.45, 7) is 1.53. The first kappa shape index (κ1) is 14.6. The van der Waals surface area contributed by atoms with E-state index in [0.717, 1.165) is 18.7 Å². The topological polar surface area (TPSA) is 50.4 Å². The molecule has 114 valence electrons. The van der Waals surface area contributed by atoms with Gasteiger partial charge in [-0.1, -0.05) is 24.3 Å². The maximum Gasteiger partial charge on any atom is 0.251 e. The van der Waals surface area contributed by atoms with Crippen LogP contribution in [0, 0.1) is 0 Å². The van der Waals surface area contributed by atoms with Gasteiger partial charge in [0.25, 0.3) is 5.91 Å². The van der Waals surface area contributed by atoms with Crippen LogP contribution in [0.25, 0.3) is 0 Å². The molecule has 4 nitrogen and oxygen atoms in total. The lowest BCUT2D eigenvalue weighted by atomic mass is 9.94. The third-order valence-corrected chi connectivity index (χ3v) is 4.03. The minimum absolute atomic E-state index is 0.0625. The van der Waals surface area contributed by atoms with Crippen LogP contribution < -0.4 is 15.4 Å². The van der Waals surface area contributed by atoms with Gasteiger partial charge in [-0.3, -0.25) is 4.79 Å². The Hall–Kier alpha value is -2.33. The summed E-state index contributed by atoms with van der Waals surface area (Å²) in [6, 6.07) is 15.7. The van der Waals surface area contributed by atoms with E-state index in [0.29, 0.717) is 12.1 Å². The molecule has 22 heavy (non-hydrogen) atoms. The first-order valence-corrected chi connectivity index (χ1v) is 7.51.